The van der Waals surface area contributed by atoms with Crippen molar-refractivity contribution in [3.63, 3.8) is 0 Å². The Hall–Kier alpha value is -1.62. The van der Waals surface area contributed by atoms with Crippen LogP contribution in [0.5, 0.6) is 11.5 Å². The van der Waals surface area contributed by atoms with Crippen LogP contribution in [0.15, 0.2) is 26.7 Å². The number of imide groups is 2. The van der Waals surface area contributed by atoms with E-state index >= 15 is 0 Å². The number of hydrogen-bond acceptors (Lipinski definition) is 6. The lowest BCUT2D eigenvalue weighted by Gasteiger charge is -2.51. The molecule has 0 unspecified atom stereocenters. The number of methoxy groups -OCH3 is 1. The van der Waals surface area contributed by atoms with Gasteiger partial charge in [-0.05, 0) is 62.2 Å². The summed E-state index contributed by atoms with van der Waals surface area (Å²) >= 11 is 21.1. The lowest BCUT2D eigenvalue weighted by Crippen LogP contribution is -2.60. The maximum atomic E-state index is 13.6. The van der Waals surface area contributed by atoms with E-state index in [-0.39, 0.29) is 40.6 Å². The van der Waals surface area contributed by atoms with E-state index in [9.17, 15) is 24.3 Å². The molecule has 0 radical (unpaired) electrons. The van der Waals surface area contributed by atoms with Crippen LogP contribution < -0.4 is 4.74 Å². The van der Waals surface area contributed by atoms with E-state index in [1.54, 1.807) is 0 Å². The number of allylic oxidation sites excluding steroid dienone is 2. The van der Waals surface area contributed by atoms with Crippen molar-refractivity contribution in [1.82, 2.24) is 9.80 Å². The number of hydrogen-bond donors (Lipinski definition) is 1. The summed E-state index contributed by atoms with van der Waals surface area (Å²) in [4.78, 5) is 51.2. The number of fused-ring (bicyclic) bond motifs is 4. The van der Waals surface area contributed by atoms with E-state index in [2.05, 4.69) is 31.9 Å². The lowest BCUT2D eigenvalue weighted by molar-refractivity contribution is -0.140. The molecule has 1 N–H and O–H groups in total. The Kier molecular flexibility index (Phi) is 5.68. The van der Waals surface area contributed by atoms with Gasteiger partial charge >= 0.3 is 0 Å². The maximum Gasteiger partial charge on any atom is 0.253 e. The molecule has 6 atom stereocenters. The molecule has 4 amide bonds. The molecule has 3 fully saturated rings. The Morgan fingerprint density at radius 2 is 1.69 bits per heavy atom. The number of carbonyl (C=O) groups is 4. The van der Waals surface area contributed by atoms with E-state index in [0.717, 1.165) is 9.80 Å². The first-order valence-corrected chi connectivity index (χ1v) is 13.1. The van der Waals surface area contributed by atoms with Gasteiger partial charge in [0.15, 0.2) is 21.2 Å². The van der Waals surface area contributed by atoms with Crippen molar-refractivity contribution in [2.75, 3.05) is 21.2 Å². The molecule has 1 aromatic carbocycles. The van der Waals surface area contributed by atoms with E-state index < -0.39 is 45.2 Å². The largest absolute Gasteiger partial charge is 0.503 e. The predicted octanol–water partition coefficient (Wildman–Crippen LogP) is 3.54. The quantitative estimate of drug-likeness (QED) is 0.298. The first-order valence-electron chi connectivity index (χ1n) is 10.8. The zero-order valence-corrected chi connectivity index (χ0v) is 23.5. The van der Waals surface area contributed by atoms with Gasteiger partial charge in [-0.15, -0.1) is 23.2 Å². The third-order valence-electron chi connectivity index (χ3n) is 7.94. The third-order valence-corrected chi connectivity index (χ3v) is 11.5. The number of carbonyl (C=O) groups excluding carboxylic acids is 4. The van der Waals surface area contributed by atoms with Crippen molar-refractivity contribution in [3.8, 4) is 11.5 Å². The third kappa shape index (κ3) is 2.91. The van der Waals surface area contributed by atoms with Crippen molar-refractivity contribution < 1.29 is 29.0 Å². The van der Waals surface area contributed by atoms with Crippen LogP contribution in [0.3, 0.4) is 0 Å². The summed E-state index contributed by atoms with van der Waals surface area (Å²) in [7, 11) is 4.16. The monoisotopic (exact) mass is 648 g/mol. The van der Waals surface area contributed by atoms with Crippen LogP contribution in [-0.2, 0) is 19.2 Å². The second-order valence-corrected chi connectivity index (χ2v) is 12.2. The summed E-state index contributed by atoms with van der Waals surface area (Å²) < 4.78 is 5.99. The van der Waals surface area contributed by atoms with Crippen LogP contribution >= 0.6 is 55.1 Å². The summed E-state index contributed by atoms with van der Waals surface area (Å²) in [5.41, 5.74) is 1.10. The van der Waals surface area contributed by atoms with E-state index in [1.807, 2.05) is 6.08 Å². The van der Waals surface area contributed by atoms with Gasteiger partial charge in [0.25, 0.3) is 11.8 Å². The van der Waals surface area contributed by atoms with Gasteiger partial charge in [0.1, 0.15) is 0 Å². The summed E-state index contributed by atoms with van der Waals surface area (Å²) in [5.74, 6) is -4.84. The molecule has 8 nitrogen and oxygen atoms in total. The van der Waals surface area contributed by atoms with Gasteiger partial charge in [-0.25, -0.2) is 0 Å². The maximum absolute atomic E-state index is 13.6. The zero-order chi connectivity index (χ0) is 25.8. The summed E-state index contributed by atoms with van der Waals surface area (Å²) in [5, 5.41) is 10.5. The molecule has 2 saturated heterocycles. The van der Waals surface area contributed by atoms with Crippen molar-refractivity contribution >= 4 is 78.7 Å². The molecule has 2 aliphatic heterocycles. The van der Waals surface area contributed by atoms with Gasteiger partial charge in [-0.2, -0.15) is 0 Å². The number of amides is 4. The molecule has 2 heterocycles. The Bertz CT molecular complexity index is 1270. The lowest BCUT2D eigenvalue weighted by atomic mass is 9.56. The average Bonchev–Trinajstić information content (AvgIpc) is 3.13. The van der Waals surface area contributed by atoms with Crippen LogP contribution in [0, 0.1) is 17.8 Å². The highest BCUT2D eigenvalue weighted by Gasteiger charge is 2.76. The number of benzene rings is 1. The average molecular weight is 651 g/mol. The van der Waals surface area contributed by atoms with Crippen LogP contribution in [0.1, 0.15) is 24.3 Å². The second-order valence-electron chi connectivity index (χ2n) is 9.38. The molecule has 0 aromatic heterocycles. The molecule has 1 saturated carbocycles. The number of alkyl halides is 2. The molecule has 1 aromatic rings. The highest BCUT2D eigenvalue weighted by atomic mass is 79.9. The number of nitrogens with zero attached hydrogens (tertiary/aromatic N) is 2. The molecule has 0 bridgehead atoms. The van der Waals surface area contributed by atoms with Crippen LogP contribution in [0.2, 0.25) is 0 Å². The van der Waals surface area contributed by atoms with Crippen LogP contribution in [-0.4, -0.2) is 69.5 Å². The first kappa shape index (κ1) is 25.0. The molecule has 0 spiro atoms. The number of ether oxygens (including phenoxy) is 1. The SMILES string of the molecule is COc1cc([C@H]2C3=CC[C@@H]4C(=O)N(C)C(=O)[C@@H]4[C@@H]3C[C@@]3(Cl)C(=O)N(C)C(=O)[C@@]23Cl)c(Br)c(Br)c1O. The standard InChI is InChI=1S/C23H20Br2Cl2N2O6/c1-28-18(31)9-5-4-8-11(13(9)19(28)32)7-22(26)20(33)29(2)21(34)23(22,27)14(8)10-6-12(35-3)17(30)16(25)15(10)24/h4,6,9,11,13-14,30H,5,7H2,1-3H3/t9-,11+,13-,14+,22+,23-/m0/s1. The molecule has 186 valence electrons. The number of likely N-dealkylation sites (tertiary alicyclic amines) is 2. The smallest absolute Gasteiger partial charge is 0.253 e. The minimum absolute atomic E-state index is 0.0721. The van der Waals surface area contributed by atoms with Crippen LogP contribution in [0.4, 0.5) is 0 Å². The minimum atomic E-state index is -1.92. The number of phenolic OH excluding ortho intramolecular Hbond substituents is 1. The van der Waals surface area contributed by atoms with Gasteiger partial charge in [0, 0.05) is 24.5 Å². The molecule has 2 aliphatic carbocycles. The van der Waals surface area contributed by atoms with Crippen LogP contribution in [0.25, 0.3) is 0 Å². The van der Waals surface area contributed by atoms with Gasteiger partial charge in [0.2, 0.25) is 11.8 Å². The number of aromatic hydroxyl groups is 1. The molecule has 12 heteroatoms. The Morgan fingerprint density at radius 1 is 1.03 bits per heavy atom. The molecular formula is C23H20Br2Cl2N2O6. The van der Waals surface area contributed by atoms with Gasteiger partial charge < -0.3 is 9.84 Å². The topological polar surface area (TPSA) is 104 Å². The highest BCUT2D eigenvalue weighted by molar-refractivity contribution is 9.13. The molecule has 4 aliphatic rings. The normalized spacial score (nSPS) is 36.3. The van der Waals surface area contributed by atoms with Gasteiger partial charge in [-0.3, -0.25) is 29.0 Å². The van der Waals surface area contributed by atoms with Gasteiger partial charge in [0.05, 0.1) is 23.4 Å². The Morgan fingerprint density at radius 3 is 2.31 bits per heavy atom. The van der Waals surface area contributed by atoms with Crippen molar-refractivity contribution in [3.05, 3.63) is 32.2 Å². The summed E-state index contributed by atoms with van der Waals surface area (Å²) in [6, 6.07) is 1.54. The van der Waals surface area contributed by atoms with Crippen molar-refractivity contribution in [2.24, 2.45) is 17.8 Å². The number of halogens is 4. The van der Waals surface area contributed by atoms with E-state index in [1.165, 1.54) is 27.3 Å². The van der Waals surface area contributed by atoms with Crippen molar-refractivity contribution in [1.29, 1.82) is 0 Å². The van der Waals surface area contributed by atoms with E-state index in [0.29, 0.717) is 15.6 Å². The molecule has 5 rings (SSSR count). The fraction of sp³-hybridized carbons (Fsp3) is 0.478. The zero-order valence-electron chi connectivity index (χ0n) is 18.8. The van der Waals surface area contributed by atoms with E-state index in [4.69, 9.17) is 27.9 Å². The second kappa shape index (κ2) is 7.94. The Labute approximate surface area is 227 Å². The Balaban J connectivity index is 1.81. The fourth-order valence-corrected chi connectivity index (χ4v) is 8.19. The molecule has 35 heavy (non-hydrogen) atoms. The number of rotatable bonds is 2. The minimum Gasteiger partial charge on any atom is -0.503 e. The molecular weight excluding hydrogens is 631 g/mol. The van der Waals surface area contributed by atoms with Gasteiger partial charge in [-0.1, -0.05) is 11.6 Å². The summed E-state index contributed by atoms with van der Waals surface area (Å²) in [6.45, 7) is 0. The summed E-state index contributed by atoms with van der Waals surface area (Å²) in [6.07, 6.45) is 2.06. The number of phenols is 1. The highest BCUT2D eigenvalue weighted by Crippen LogP contribution is 2.66. The van der Waals surface area contributed by atoms with Crippen molar-refractivity contribution in [2.45, 2.75) is 28.5 Å². The fourth-order valence-electron chi connectivity index (χ4n) is 6.22. The predicted molar refractivity (Wildman–Crippen MR) is 133 cm³/mol. The first-order chi connectivity index (χ1) is 16.3.